The van der Waals surface area contributed by atoms with Crippen molar-refractivity contribution in [3.8, 4) is 0 Å². The van der Waals surface area contributed by atoms with E-state index in [1.54, 1.807) is 38.4 Å². The van der Waals surface area contributed by atoms with E-state index in [2.05, 4.69) is 0 Å². The molecule has 29 heavy (non-hydrogen) atoms. The normalized spacial score (nSPS) is 18.0. The summed E-state index contributed by atoms with van der Waals surface area (Å²) >= 11 is 0. The molecule has 2 aliphatic heterocycles. The highest BCUT2D eigenvalue weighted by Gasteiger charge is 2.46. The van der Waals surface area contributed by atoms with Gasteiger partial charge in [0.15, 0.2) is 0 Å². The lowest BCUT2D eigenvalue weighted by atomic mass is 9.94. The van der Waals surface area contributed by atoms with Crippen LogP contribution < -0.4 is 4.90 Å². The number of fused-ring (bicyclic) bond motifs is 2. The van der Waals surface area contributed by atoms with Crippen molar-refractivity contribution in [2.75, 3.05) is 25.5 Å². The molecule has 0 aliphatic carbocycles. The van der Waals surface area contributed by atoms with Crippen LogP contribution in [0.5, 0.6) is 0 Å². The molecule has 4 amide bonds. The van der Waals surface area contributed by atoms with Gasteiger partial charge in [-0.15, -0.1) is 0 Å². The van der Waals surface area contributed by atoms with E-state index < -0.39 is 23.8 Å². The summed E-state index contributed by atoms with van der Waals surface area (Å²) in [6.07, 6.45) is 0.230. The highest BCUT2D eigenvalue weighted by atomic mass is 16.2. The van der Waals surface area contributed by atoms with Crippen molar-refractivity contribution < 1.29 is 19.2 Å². The van der Waals surface area contributed by atoms with Crippen LogP contribution in [0, 0.1) is 6.92 Å². The maximum atomic E-state index is 13.4. The van der Waals surface area contributed by atoms with E-state index in [9.17, 15) is 19.2 Å². The lowest BCUT2D eigenvalue weighted by molar-refractivity contribution is -0.130. The number of likely N-dealkylation sites (N-methyl/N-ethyl adjacent to an activating group) is 1. The molecule has 0 radical (unpaired) electrons. The Kier molecular flexibility index (Phi) is 4.45. The first-order chi connectivity index (χ1) is 13.8. The Morgan fingerprint density at radius 1 is 1.03 bits per heavy atom. The van der Waals surface area contributed by atoms with Gasteiger partial charge in [0.05, 0.1) is 11.1 Å². The molecule has 0 spiro atoms. The third kappa shape index (κ3) is 2.99. The second-order valence-electron chi connectivity index (χ2n) is 7.59. The lowest BCUT2D eigenvalue weighted by Crippen LogP contribution is -2.56. The Hall–Kier alpha value is -3.48. The Balaban J connectivity index is 1.76. The second-order valence-corrected chi connectivity index (χ2v) is 7.59. The standard InChI is InChI=1S/C22H21N3O4/c1-13-8-9-17-14(10-13)11-18(22(29)24(17)12-19(26)23(2)3)25-20(27)15-6-4-5-7-16(15)21(25)28/h4-10,18H,11-12H2,1-3H3. The predicted molar refractivity (Wildman–Crippen MR) is 107 cm³/mol. The number of carbonyl (C=O) groups excluding carboxylic acids is 4. The van der Waals surface area contributed by atoms with Crippen LogP contribution in [0.4, 0.5) is 5.69 Å². The number of hydrogen-bond acceptors (Lipinski definition) is 4. The van der Waals surface area contributed by atoms with E-state index >= 15 is 0 Å². The minimum atomic E-state index is -0.980. The SMILES string of the molecule is Cc1ccc2c(c1)CC(N1C(=O)c3ccccc3C1=O)C(=O)N2CC(=O)N(C)C. The highest BCUT2D eigenvalue weighted by molar-refractivity contribution is 6.23. The summed E-state index contributed by atoms with van der Waals surface area (Å²) in [5.74, 6) is -1.61. The van der Waals surface area contributed by atoms with Crippen molar-refractivity contribution in [1.29, 1.82) is 0 Å². The lowest BCUT2D eigenvalue weighted by Gasteiger charge is -2.37. The predicted octanol–water partition coefficient (Wildman–Crippen LogP) is 1.64. The number of rotatable bonds is 3. The fourth-order valence-corrected chi connectivity index (χ4v) is 3.87. The molecule has 148 valence electrons. The zero-order chi connectivity index (χ0) is 20.9. The number of imide groups is 1. The number of hydrogen-bond donors (Lipinski definition) is 0. The molecule has 0 N–H and O–H groups in total. The number of carbonyl (C=O) groups is 4. The number of benzene rings is 2. The first kappa shape index (κ1) is 18.9. The summed E-state index contributed by atoms with van der Waals surface area (Å²) in [4.78, 5) is 55.4. The van der Waals surface area contributed by atoms with E-state index in [1.165, 1.54) is 9.80 Å². The minimum Gasteiger partial charge on any atom is -0.347 e. The fourth-order valence-electron chi connectivity index (χ4n) is 3.87. The van der Waals surface area contributed by atoms with Crippen LogP contribution in [-0.2, 0) is 16.0 Å². The Bertz CT molecular complexity index is 1020. The third-order valence-electron chi connectivity index (χ3n) is 5.42. The van der Waals surface area contributed by atoms with Crippen LogP contribution in [0.15, 0.2) is 42.5 Å². The molecule has 4 rings (SSSR count). The first-order valence-corrected chi connectivity index (χ1v) is 9.37. The first-order valence-electron chi connectivity index (χ1n) is 9.37. The Labute approximate surface area is 168 Å². The molecular formula is C22H21N3O4. The van der Waals surface area contributed by atoms with E-state index in [0.29, 0.717) is 16.8 Å². The van der Waals surface area contributed by atoms with Gasteiger partial charge in [0, 0.05) is 26.2 Å². The zero-order valence-electron chi connectivity index (χ0n) is 16.5. The fraction of sp³-hybridized carbons (Fsp3) is 0.273. The molecule has 2 aliphatic rings. The largest absolute Gasteiger partial charge is 0.347 e. The Morgan fingerprint density at radius 3 is 2.24 bits per heavy atom. The molecule has 1 atom stereocenters. The van der Waals surface area contributed by atoms with Crippen LogP contribution in [0.25, 0.3) is 0 Å². The number of amides is 4. The van der Waals surface area contributed by atoms with E-state index in [0.717, 1.165) is 16.0 Å². The molecule has 2 heterocycles. The van der Waals surface area contributed by atoms with Gasteiger partial charge in [0.2, 0.25) is 5.91 Å². The van der Waals surface area contributed by atoms with Gasteiger partial charge < -0.3 is 9.80 Å². The monoisotopic (exact) mass is 391 g/mol. The maximum absolute atomic E-state index is 13.4. The van der Waals surface area contributed by atoms with Crippen molar-refractivity contribution in [3.05, 3.63) is 64.7 Å². The summed E-state index contributed by atoms with van der Waals surface area (Å²) < 4.78 is 0. The molecule has 7 nitrogen and oxygen atoms in total. The Morgan fingerprint density at radius 2 is 1.66 bits per heavy atom. The van der Waals surface area contributed by atoms with Crippen LogP contribution in [0.2, 0.25) is 0 Å². The average molecular weight is 391 g/mol. The number of aryl methyl sites for hydroxylation is 1. The molecule has 2 aromatic carbocycles. The summed E-state index contributed by atoms with van der Waals surface area (Å²) in [7, 11) is 3.24. The van der Waals surface area contributed by atoms with Gasteiger partial charge in [0.25, 0.3) is 17.7 Å². The van der Waals surface area contributed by atoms with Crippen molar-refractivity contribution >= 4 is 29.3 Å². The molecule has 0 aromatic heterocycles. The minimum absolute atomic E-state index is 0.151. The highest BCUT2D eigenvalue weighted by Crippen LogP contribution is 2.34. The van der Waals surface area contributed by atoms with Crippen LogP contribution >= 0.6 is 0 Å². The number of anilines is 1. The quantitative estimate of drug-likeness (QED) is 0.746. The van der Waals surface area contributed by atoms with Crippen molar-refractivity contribution in [2.45, 2.75) is 19.4 Å². The van der Waals surface area contributed by atoms with Gasteiger partial charge in [-0.25, -0.2) is 0 Å². The van der Waals surface area contributed by atoms with Gasteiger partial charge in [-0.05, 0) is 30.7 Å². The van der Waals surface area contributed by atoms with Gasteiger partial charge in [-0.1, -0.05) is 29.8 Å². The number of nitrogens with zero attached hydrogens (tertiary/aromatic N) is 3. The topological polar surface area (TPSA) is 78.0 Å². The summed E-state index contributed by atoms with van der Waals surface area (Å²) in [5.41, 5.74) is 3.08. The average Bonchev–Trinajstić information content (AvgIpc) is 2.94. The smallest absolute Gasteiger partial charge is 0.262 e. The molecule has 0 saturated carbocycles. The van der Waals surface area contributed by atoms with Crippen molar-refractivity contribution in [2.24, 2.45) is 0 Å². The van der Waals surface area contributed by atoms with Crippen LogP contribution in [0.3, 0.4) is 0 Å². The van der Waals surface area contributed by atoms with Crippen LogP contribution in [-0.4, -0.2) is 60.1 Å². The molecule has 7 heteroatoms. The van der Waals surface area contributed by atoms with Crippen molar-refractivity contribution in [1.82, 2.24) is 9.80 Å². The molecule has 0 bridgehead atoms. The van der Waals surface area contributed by atoms with Crippen LogP contribution in [0.1, 0.15) is 31.8 Å². The zero-order valence-corrected chi connectivity index (χ0v) is 16.5. The van der Waals surface area contributed by atoms with Gasteiger partial charge in [-0.2, -0.15) is 0 Å². The van der Waals surface area contributed by atoms with Gasteiger partial charge in [-0.3, -0.25) is 24.1 Å². The summed E-state index contributed by atoms with van der Waals surface area (Å²) in [5, 5.41) is 0. The van der Waals surface area contributed by atoms with Gasteiger partial charge >= 0.3 is 0 Å². The summed E-state index contributed by atoms with van der Waals surface area (Å²) in [6, 6.07) is 11.2. The van der Waals surface area contributed by atoms with E-state index in [4.69, 9.17) is 0 Å². The second kappa shape index (κ2) is 6.84. The van der Waals surface area contributed by atoms with E-state index in [1.807, 2.05) is 25.1 Å². The van der Waals surface area contributed by atoms with E-state index in [-0.39, 0.29) is 18.9 Å². The van der Waals surface area contributed by atoms with Gasteiger partial charge in [0.1, 0.15) is 12.6 Å². The molecular weight excluding hydrogens is 370 g/mol. The summed E-state index contributed by atoms with van der Waals surface area (Å²) in [6.45, 7) is 1.78. The molecule has 1 unspecified atom stereocenters. The third-order valence-corrected chi connectivity index (χ3v) is 5.42. The maximum Gasteiger partial charge on any atom is 0.262 e. The van der Waals surface area contributed by atoms with Crippen molar-refractivity contribution in [3.63, 3.8) is 0 Å². The molecule has 0 saturated heterocycles. The molecule has 0 fully saturated rings. The molecule has 2 aromatic rings.